The van der Waals surface area contributed by atoms with Crippen LogP contribution in [-0.4, -0.2) is 65.2 Å². The van der Waals surface area contributed by atoms with E-state index in [2.05, 4.69) is 36.3 Å². The highest BCUT2D eigenvalue weighted by Gasteiger charge is 2.25. The Bertz CT molecular complexity index is 1070. The van der Waals surface area contributed by atoms with Gasteiger partial charge in [0.2, 0.25) is 5.91 Å². The molecule has 0 spiro atoms. The van der Waals surface area contributed by atoms with Crippen LogP contribution in [-0.2, 0) is 9.59 Å². The molecule has 0 radical (unpaired) electrons. The van der Waals surface area contributed by atoms with Crippen LogP contribution in [0.15, 0.2) is 48.5 Å². The number of nitrogens with one attached hydrogen (secondary N) is 3. The normalized spacial score (nSPS) is 12.3. The molecule has 0 saturated heterocycles. The molecule has 9 heteroatoms. The van der Waals surface area contributed by atoms with E-state index in [0.717, 1.165) is 12.1 Å². The third kappa shape index (κ3) is 9.22. The van der Waals surface area contributed by atoms with Crippen molar-refractivity contribution in [2.24, 2.45) is 5.92 Å². The Labute approximate surface area is 205 Å². The third-order valence-corrected chi connectivity index (χ3v) is 4.92. The van der Waals surface area contributed by atoms with Gasteiger partial charge in [-0.25, -0.2) is 5.48 Å². The number of anilines is 1. The molecule has 0 saturated carbocycles. The molecule has 35 heavy (non-hydrogen) atoms. The van der Waals surface area contributed by atoms with Gasteiger partial charge in [-0.2, -0.15) is 0 Å². The molecule has 3 amide bonds. The second-order valence-electron chi connectivity index (χ2n) is 8.71. The number of carbonyl (C=O) groups is 3. The largest absolute Gasteiger partial charge is 0.391 e. The van der Waals surface area contributed by atoms with Gasteiger partial charge in [0.25, 0.3) is 11.8 Å². The molecule has 0 heterocycles. The van der Waals surface area contributed by atoms with Crippen molar-refractivity contribution < 1.29 is 24.7 Å². The van der Waals surface area contributed by atoms with Crippen molar-refractivity contribution in [3.8, 4) is 11.8 Å². The first-order chi connectivity index (χ1) is 16.6. The molecule has 2 rings (SSSR count). The smallest absolute Gasteiger partial charge is 0.268 e. The predicted molar refractivity (Wildman–Crippen MR) is 133 cm³/mol. The summed E-state index contributed by atoms with van der Waals surface area (Å²) >= 11 is 0. The monoisotopic (exact) mass is 480 g/mol. The van der Waals surface area contributed by atoms with Crippen LogP contribution < -0.4 is 16.1 Å². The van der Waals surface area contributed by atoms with E-state index in [1.54, 1.807) is 36.4 Å². The average molecular weight is 481 g/mol. The van der Waals surface area contributed by atoms with Gasteiger partial charge in [-0.15, -0.1) is 0 Å². The standard InChI is InChI=1S/C26H32N4O5/c1-17(2)15-30(4)16-23(32)27-22-13-9-20(10-14-22)6-5-19-7-11-21(12-8-19)25(33)28-24(18(3)31)26(34)29-35/h7-14,17-18,24,31,35H,15-16H2,1-4H3,(H,27,32)(H,28,33)(H,29,34)/t18-,24+/m1/s1. The zero-order chi connectivity index (χ0) is 26.0. The zero-order valence-electron chi connectivity index (χ0n) is 20.3. The van der Waals surface area contributed by atoms with Crippen LogP contribution in [0.3, 0.4) is 0 Å². The maximum atomic E-state index is 12.3. The Kier molecular flexibility index (Phi) is 10.4. The van der Waals surface area contributed by atoms with Crippen LogP contribution in [0.1, 0.15) is 42.3 Å². The van der Waals surface area contributed by atoms with Crippen molar-refractivity contribution in [1.82, 2.24) is 15.7 Å². The Balaban J connectivity index is 1.96. The van der Waals surface area contributed by atoms with Gasteiger partial charge in [0, 0.05) is 28.9 Å². The number of aliphatic hydroxyl groups excluding tert-OH is 1. The molecule has 186 valence electrons. The lowest BCUT2D eigenvalue weighted by Crippen LogP contribution is -2.51. The minimum Gasteiger partial charge on any atom is -0.391 e. The average Bonchev–Trinajstić information content (AvgIpc) is 2.80. The SMILES string of the molecule is CC(C)CN(C)CC(=O)Nc1ccc(C#Cc2ccc(C(=O)N[C@H](C(=O)NO)[C@@H](C)O)cc2)cc1. The van der Waals surface area contributed by atoms with Crippen LogP contribution in [0.2, 0.25) is 0 Å². The van der Waals surface area contributed by atoms with Gasteiger partial charge in [0.05, 0.1) is 12.6 Å². The van der Waals surface area contributed by atoms with Crippen LogP contribution >= 0.6 is 0 Å². The molecule has 2 aromatic rings. The first-order valence-electron chi connectivity index (χ1n) is 11.2. The number of likely N-dealkylation sites (N-methyl/N-ethyl adjacent to an activating group) is 1. The number of rotatable bonds is 9. The van der Waals surface area contributed by atoms with Crippen molar-refractivity contribution >= 4 is 23.4 Å². The molecule has 0 aliphatic carbocycles. The molecular weight excluding hydrogens is 448 g/mol. The van der Waals surface area contributed by atoms with Crippen LogP contribution in [0.4, 0.5) is 5.69 Å². The predicted octanol–water partition coefficient (Wildman–Crippen LogP) is 1.60. The van der Waals surface area contributed by atoms with Gasteiger partial charge < -0.3 is 15.7 Å². The maximum absolute atomic E-state index is 12.3. The molecule has 9 nitrogen and oxygen atoms in total. The van der Waals surface area contributed by atoms with E-state index in [0.29, 0.717) is 23.7 Å². The molecule has 0 aliphatic heterocycles. The molecule has 5 N–H and O–H groups in total. The molecular formula is C26H32N4O5. The molecule has 0 fully saturated rings. The minimum absolute atomic E-state index is 0.0760. The number of hydrogen-bond donors (Lipinski definition) is 5. The summed E-state index contributed by atoms with van der Waals surface area (Å²) in [5.74, 6) is 4.95. The van der Waals surface area contributed by atoms with Gasteiger partial charge >= 0.3 is 0 Å². The number of nitrogens with zero attached hydrogens (tertiary/aromatic N) is 1. The van der Waals surface area contributed by atoms with Crippen molar-refractivity contribution in [2.45, 2.75) is 32.9 Å². The number of aliphatic hydroxyl groups is 1. The first-order valence-corrected chi connectivity index (χ1v) is 11.2. The summed E-state index contributed by atoms with van der Waals surface area (Å²) in [6.45, 7) is 6.70. The summed E-state index contributed by atoms with van der Waals surface area (Å²) in [4.78, 5) is 38.0. The number of benzene rings is 2. The summed E-state index contributed by atoms with van der Waals surface area (Å²) in [5.41, 5.74) is 3.81. The Morgan fingerprint density at radius 3 is 1.97 bits per heavy atom. The number of amides is 3. The Hall–Kier alpha value is -3.71. The van der Waals surface area contributed by atoms with Crippen LogP contribution in [0, 0.1) is 17.8 Å². The van der Waals surface area contributed by atoms with Gasteiger partial charge in [-0.1, -0.05) is 25.7 Å². The zero-order valence-corrected chi connectivity index (χ0v) is 20.3. The second-order valence-corrected chi connectivity index (χ2v) is 8.71. The van der Waals surface area contributed by atoms with Crippen molar-refractivity contribution in [2.75, 3.05) is 25.5 Å². The van der Waals surface area contributed by atoms with E-state index < -0.39 is 24.0 Å². The molecule has 0 unspecified atom stereocenters. The Morgan fingerprint density at radius 2 is 1.49 bits per heavy atom. The second kappa shape index (κ2) is 13.2. The van der Waals surface area contributed by atoms with E-state index >= 15 is 0 Å². The van der Waals surface area contributed by atoms with Crippen molar-refractivity contribution in [1.29, 1.82) is 0 Å². The fraction of sp³-hybridized carbons (Fsp3) is 0.346. The van der Waals surface area contributed by atoms with Gasteiger partial charge in [0.1, 0.15) is 6.04 Å². The Morgan fingerprint density at radius 1 is 0.943 bits per heavy atom. The summed E-state index contributed by atoms with van der Waals surface area (Å²) in [6.07, 6.45) is -1.19. The van der Waals surface area contributed by atoms with Crippen LogP contribution in [0.25, 0.3) is 0 Å². The van der Waals surface area contributed by atoms with E-state index in [1.165, 1.54) is 12.4 Å². The molecule has 0 bridgehead atoms. The highest BCUT2D eigenvalue weighted by Crippen LogP contribution is 2.10. The summed E-state index contributed by atoms with van der Waals surface area (Å²) in [5, 5.41) is 23.6. The molecule has 0 aromatic heterocycles. The lowest BCUT2D eigenvalue weighted by Gasteiger charge is -2.19. The van der Waals surface area contributed by atoms with E-state index in [-0.39, 0.29) is 11.5 Å². The highest BCUT2D eigenvalue weighted by atomic mass is 16.5. The maximum Gasteiger partial charge on any atom is 0.268 e. The highest BCUT2D eigenvalue weighted by molar-refractivity contribution is 5.97. The quantitative estimate of drug-likeness (QED) is 0.211. The lowest BCUT2D eigenvalue weighted by molar-refractivity contribution is -0.133. The summed E-state index contributed by atoms with van der Waals surface area (Å²) < 4.78 is 0. The third-order valence-electron chi connectivity index (χ3n) is 4.92. The number of carbonyl (C=O) groups excluding carboxylic acids is 3. The van der Waals surface area contributed by atoms with Gasteiger partial charge in [-0.3, -0.25) is 24.5 Å². The fourth-order valence-corrected chi connectivity index (χ4v) is 3.32. The minimum atomic E-state index is -1.29. The van der Waals surface area contributed by atoms with E-state index in [1.807, 2.05) is 24.1 Å². The topological polar surface area (TPSA) is 131 Å². The molecule has 2 atom stereocenters. The first kappa shape index (κ1) is 27.5. The van der Waals surface area contributed by atoms with E-state index in [4.69, 9.17) is 5.21 Å². The van der Waals surface area contributed by atoms with Crippen molar-refractivity contribution in [3.63, 3.8) is 0 Å². The molecule has 0 aliphatic rings. The van der Waals surface area contributed by atoms with Gasteiger partial charge in [0.15, 0.2) is 0 Å². The summed E-state index contributed by atoms with van der Waals surface area (Å²) in [6, 6.07) is 12.3. The van der Waals surface area contributed by atoms with Gasteiger partial charge in [-0.05, 0) is 68.4 Å². The number of hydroxylamine groups is 1. The molecule has 2 aromatic carbocycles. The van der Waals surface area contributed by atoms with E-state index in [9.17, 15) is 19.5 Å². The van der Waals surface area contributed by atoms with Crippen LogP contribution in [0.5, 0.6) is 0 Å². The van der Waals surface area contributed by atoms with Crippen molar-refractivity contribution in [3.05, 3.63) is 65.2 Å². The summed E-state index contributed by atoms with van der Waals surface area (Å²) in [7, 11) is 1.92. The number of hydrogen-bond acceptors (Lipinski definition) is 6. The lowest BCUT2D eigenvalue weighted by atomic mass is 10.1. The fourth-order valence-electron chi connectivity index (χ4n) is 3.32.